The summed E-state index contributed by atoms with van der Waals surface area (Å²) in [6, 6.07) is 2.93. The van der Waals surface area contributed by atoms with Crippen LogP contribution in [-0.4, -0.2) is 20.1 Å². The summed E-state index contributed by atoms with van der Waals surface area (Å²) in [7, 11) is 1.70. The summed E-state index contributed by atoms with van der Waals surface area (Å²) in [5.41, 5.74) is 4.73. The Morgan fingerprint density at radius 3 is 2.60 bits per heavy atom. The average molecular weight is 289 g/mol. The first-order valence-electron chi connectivity index (χ1n) is 6.06. The lowest BCUT2D eigenvalue weighted by atomic mass is 10.1. The van der Waals surface area contributed by atoms with Crippen LogP contribution in [0.25, 0.3) is 0 Å². The second-order valence-corrected chi connectivity index (χ2v) is 4.81. The summed E-state index contributed by atoms with van der Waals surface area (Å²) in [6.45, 7) is 1.21. The molecular formula is C13H15F4N3. The van der Waals surface area contributed by atoms with Gasteiger partial charge in [-0.3, -0.25) is 0 Å². The van der Waals surface area contributed by atoms with Crippen molar-refractivity contribution in [1.82, 2.24) is 5.32 Å². The second-order valence-electron chi connectivity index (χ2n) is 4.81. The Balaban J connectivity index is 2.11. The lowest BCUT2D eigenvalue weighted by Crippen LogP contribution is -2.27. The maximum Gasteiger partial charge on any atom is 0.419 e. The minimum atomic E-state index is -4.67. The molecule has 1 aromatic carbocycles. The maximum atomic E-state index is 13.5. The van der Waals surface area contributed by atoms with E-state index in [2.05, 4.69) is 5.32 Å². The van der Waals surface area contributed by atoms with E-state index in [1.54, 1.807) is 11.9 Å². The van der Waals surface area contributed by atoms with Crippen molar-refractivity contribution in [3.63, 3.8) is 0 Å². The molecular weight excluding hydrogens is 274 g/mol. The fraction of sp³-hybridized carbons (Fsp3) is 0.385. The summed E-state index contributed by atoms with van der Waals surface area (Å²) < 4.78 is 50.9. The van der Waals surface area contributed by atoms with Gasteiger partial charge < -0.3 is 16.0 Å². The fourth-order valence-corrected chi connectivity index (χ4v) is 2.17. The van der Waals surface area contributed by atoms with Gasteiger partial charge in [-0.2, -0.15) is 13.2 Å². The van der Waals surface area contributed by atoms with E-state index in [0.29, 0.717) is 24.6 Å². The minimum absolute atomic E-state index is 0.144. The molecule has 0 aromatic heterocycles. The molecule has 110 valence electrons. The van der Waals surface area contributed by atoms with Gasteiger partial charge in [0.15, 0.2) is 0 Å². The molecule has 20 heavy (non-hydrogen) atoms. The number of anilines is 1. The van der Waals surface area contributed by atoms with Crippen molar-refractivity contribution >= 4 is 5.69 Å². The molecule has 0 unspecified atom stereocenters. The van der Waals surface area contributed by atoms with Crippen molar-refractivity contribution in [3.8, 4) is 0 Å². The van der Waals surface area contributed by atoms with Crippen molar-refractivity contribution in [2.75, 3.05) is 25.0 Å². The molecule has 0 aliphatic carbocycles. The van der Waals surface area contributed by atoms with E-state index in [1.807, 2.05) is 6.08 Å². The molecule has 1 aliphatic heterocycles. The van der Waals surface area contributed by atoms with Crippen LogP contribution in [0.3, 0.4) is 0 Å². The number of benzene rings is 1. The van der Waals surface area contributed by atoms with Crippen molar-refractivity contribution in [2.45, 2.75) is 6.18 Å². The molecule has 0 bridgehead atoms. The Kier molecular flexibility index (Phi) is 3.78. The zero-order valence-electron chi connectivity index (χ0n) is 10.8. The first-order chi connectivity index (χ1) is 9.27. The predicted octanol–water partition coefficient (Wildman–Crippen LogP) is 2.30. The van der Waals surface area contributed by atoms with Gasteiger partial charge in [-0.15, -0.1) is 0 Å². The van der Waals surface area contributed by atoms with Gasteiger partial charge in [0.1, 0.15) is 5.82 Å². The van der Waals surface area contributed by atoms with Gasteiger partial charge in [0.2, 0.25) is 0 Å². The monoisotopic (exact) mass is 289 g/mol. The molecule has 1 atom stereocenters. The molecule has 0 spiro atoms. The van der Waals surface area contributed by atoms with Crippen molar-refractivity contribution < 1.29 is 17.6 Å². The zero-order chi connectivity index (χ0) is 14.9. The van der Waals surface area contributed by atoms with Crippen LogP contribution in [0, 0.1) is 11.7 Å². The standard InChI is InChI=1S/C13H15F4N3/c1-20(7-8-4-12(18)19-6-8)9-2-3-10(11(14)5-9)13(15,16)17/h2-5,8,19H,6-7,18H2,1H3/t8-/m0/s1. The Hall–Kier alpha value is -1.92. The number of rotatable bonds is 3. The Bertz CT molecular complexity index is 525. The summed E-state index contributed by atoms with van der Waals surface area (Å²) in [5, 5.41) is 2.96. The molecule has 0 amide bonds. The van der Waals surface area contributed by atoms with Crippen molar-refractivity contribution in [1.29, 1.82) is 0 Å². The topological polar surface area (TPSA) is 41.3 Å². The minimum Gasteiger partial charge on any atom is -0.386 e. The van der Waals surface area contributed by atoms with Gasteiger partial charge in [-0.05, 0) is 24.3 Å². The fourth-order valence-electron chi connectivity index (χ4n) is 2.17. The first kappa shape index (κ1) is 14.5. The normalized spacial score (nSPS) is 18.6. The van der Waals surface area contributed by atoms with Crippen LogP contribution in [-0.2, 0) is 6.18 Å². The third-order valence-corrected chi connectivity index (χ3v) is 3.19. The second kappa shape index (κ2) is 5.22. The Morgan fingerprint density at radius 1 is 1.40 bits per heavy atom. The van der Waals surface area contributed by atoms with E-state index >= 15 is 0 Å². The lowest BCUT2D eigenvalue weighted by Gasteiger charge is -2.22. The van der Waals surface area contributed by atoms with E-state index < -0.39 is 17.6 Å². The van der Waals surface area contributed by atoms with Gasteiger partial charge in [-0.25, -0.2) is 4.39 Å². The highest BCUT2D eigenvalue weighted by Crippen LogP contribution is 2.33. The van der Waals surface area contributed by atoms with Crippen molar-refractivity contribution in [2.24, 2.45) is 11.7 Å². The van der Waals surface area contributed by atoms with Gasteiger partial charge in [0.25, 0.3) is 0 Å². The number of hydrogen-bond donors (Lipinski definition) is 2. The van der Waals surface area contributed by atoms with Crippen LogP contribution in [0.5, 0.6) is 0 Å². The van der Waals surface area contributed by atoms with Crippen LogP contribution in [0.2, 0.25) is 0 Å². The number of nitrogens with two attached hydrogens (primary N) is 1. The molecule has 1 aromatic rings. The summed E-state index contributed by atoms with van der Waals surface area (Å²) in [6.07, 6.45) is -2.83. The van der Waals surface area contributed by atoms with Gasteiger partial charge in [0, 0.05) is 31.7 Å². The van der Waals surface area contributed by atoms with Crippen LogP contribution >= 0.6 is 0 Å². The molecule has 1 aliphatic rings. The van der Waals surface area contributed by atoms with E-state index in [9.17, 15) is 17.6 Å². The van der Waals surface area contributed by atoms with Crippen LogP contribution in [0.1, 0.15) is 5.56 Å². The van der Waals surface area contributed by atoms with E-state index in [0.717, 1.165) is 12.1 Å². The van der Waals surface area contributed by atoms with Gasteiger partial charge in [0.05, 0.1) is 11.4 Å². The third-order valence-electron chi connectivity index (χ3n) is 3.19. The quantitative estimate of drug-likeness (QED) is 0.839. The maximum absolute atomic E-state index is 13.5. The third kappa shape index (κ3) is 3.15. The molecule has 1 heterocycles. The number of nitrogens with zero attached hydrogens (tertiary/aromatic N) is 1. The molecule has 3 N–H and O–H groups in total. The first-order valence-corrected chi connectivity index (χ1v) is 6.06. The van der Waals surface area contributed by atoms with Gasteiger partial charge >= 0.3 is 6.18 Å². The molecule has 0 saturated carbocycles. The molecule has 0 saturated heterocycles. The summed E-state index contributed by atoms with van der Waals surface area (Å²) in [5.74, 6) is -0.534. The van der Waals surface area contributed by atoms with Crippen molar-refractivity contribution in [3.05, 3.63) is 41.5 Å². The SMILES string of the molecule is CN(C[C@H]1C=C(N)NC1)c1ccc(C(F)(F)F)c(F)c1. The zero-order valence-corrected chi connectivity index (χ0v) is 10.8. The molecule has 0 radical (unpaired) electrons. The number of nitrogens with one attached hydrogen (secondary N) is 1. The lowest BCUT2D eigenvalue weighted by molar-refractivity contribution is -0.139. The molecule has 0 fully saturated rings. The van der Waals surface area contributed by atoms with Crippen LogP contribution < -0.4 is 16.0 Å². The average Bonchev–Trinajstić information content (AvgIpc) is 2.73. The highest BCUT2D eigenvalue weighted by molar-refractivity contribution is 5.48. The van der Waals surface area contributed by atoms with E-state index in [1.165, 1.54) is 6.07 Å². The van der Waals surface area contributed by atoms with E-state index in [-0.39, 0.29) is 5.92 Å². The molecule has 2 rings (SSSR count). The largest absolute Gasteiger partial charge is 0.419 e. The van der Waals surface area contributed by atoms with E-state index in [4.69, 9.17) is 5.73 Å². The summed E-state index contributed by atoms with van der Waals surface area (Å²) >= 11 is 0. The Labute approximate surface area is 114 Å². The highest BCUT2D eigenvalue weighted by Gasteiger charge is 2.34. The molecule has 7 heteroatoms. The number of hydrogen-bond acceptors (Lipinski definition) is 3. The van der Waals surface area contributed by atoms with Crippen LogP contribution in [0.4, 0.5) is 23.2 Å². The Morgan fingerprint density at radius 2 is 2.10 bits per heavy atom. The predicted molar refractivity (Wildman–Crippen MR) is 68.4 cm³/mol. The highest BCUT2D eigenvalue weighted by atomic mass is 19.4. The van der Waals surface area contributed by atoms with Crippen LogP contribution in [0.15, 0.2) is 30.1 Å². The number of halogens is 4. The smallest absolute Gasteiger partial charge is 0.386 e. The molecule has 3 nitrogen and oxygen atoms in total. The van der Waals surface area contributed by atoms with Gasteiger partial charge in [-0.1, -0.05) is 0 Å². The number of alkyl halides is 3. The summed E-state index contributed by atoms with van der Waals surface area (Å²) in [4.78, 5) is 1.70.